The monoisotopic (exact) mass is 282 g/mol. The van der Waals surface area contributed by atoms with Gasteiger partial charge >= 0.3 is 0 Å². The van der Waals surface area contributed by atoms with Gasteiger partial charge in [-0.3, -0.25) is 4.79 Å². The van der Waals surface area contributed by atoms with Gasteiger partial charge < -0.3 is 15.4 Å². The Morgan fingerprint density at radius 3 is 2.68 bits per heavy atom. The molecular formula is C14H22N2O2S. The van der Waals surface area contributed by atoms with Crippen molar-refractivity contribution in [1.82, 2.24) is 0 Å². The molecule has 0 aromatic carbocycles. The minimum Gasteiger partial charge on any atom is -0.492 e. The predicted molar refractivity (Wildman–Crippen MR) is 80.5 cm³/mol. The first-order chi connectivity index (χ1) is 8.89. The van der Waals surface area contributed by atoms with Crippen molar-refractivity contribution < 1.29 is 9.53 Å². The standard InChI is InChI=1S/C14H22N2O2S/c1-5-9(17)12-10(15)11(18-4)13(19-12)16-7-6-14(2,3)8-16/h5-8,15H2,1-4H3. The number of nitrogen functional groups attached to an aromatic ring is 1. The van der Waals surface area contributed by atoms with Crippen LogP contribution in [0.2, 0.25) is 0 Å². The number of carbonyl (C=O) groups excluding carboxylic acids is 1. The minimum absolute atomic E-state index is 0.0884. The molecule has 106 valence electrons. The molecular weight excluding hydrogens is 260 g/mol. The molecule has 0 radical (unpaired) electrons. The Bertz CT molecular complexity index is 494. The molecule has 2 heterocycles. The van der Waals surface area contributed by atoms with E-state index >= 15 is 0 Å². The van der Waals surface area contributed by atoms with E-state index in [0.717, 1.165) is 24.5 Å². The highest BCUT2D eigenvalue weighted by atomic mass is 32.1. The number of thiophene rings is 1. The van der Waals surface area contributed by atoms with Crippen molar-refractivity contribution in [2.24, 2.45) is 5.41 Å². The molecule has 1 aromatic rings. The van der Waals surface area contributed by atoms with Gasteiger partial charge in [-0.2, -0.15) is 0 Å². The van der Waals surface area contributed by atoms with E-state index in [-0.39, 0.29) is 5.78 Å². The summed E-state index contributed by atoms with van der Waals surface area (Å²) < 4.78 is 5.42. The Kier molecular flexibility index (Phi) is 3.76. The summed E-state index contributed by atoms with van der Waals surface area (Å²) in [6.07, 6.45) is 1.61. The fourth-order valence-electron chi connectivity index (χ4n) is 2.48. The molecule has 1 aliphatic heterocycles. The van der Waals surface area contributed by atoms with Crippen LogP contribution in [0.3, 0.4) is 0 Å². The van der Waals surface area contributed by atoms with Gasteiger partial charge in [0.25, 0.3) is 0 Å². The topological polar surface area (TPSA) is 55.6 Å². The van der Waals surface area contributed by atoms with Crippen LogP contribution in [0, 0.1) is 5.41 Å². The van der Waals surface area contributed by atoms with Crippen molar-refractivity contribution in [3.8, 4) is 5.75 Å². The van der Waals surface area contributed by atoms with E-state index in [1.807, 2.05) is 6.92 Å². The smallest absolute Gasteiger partial charge is 0.177 e. The Balaban J connectivity index is 2.38. The van der Waals surface area contributed by atoms with Gasteiger partial charge in [-0.15, -0.1) is 11.3 Å². The van der Waals surface area contributed by atoms with E-state index in [1.165, 1.54) is 11.3 Å². The van der Waals surface area contributed by atoms with Crippen LogP contribution < -0.4 is 15.4 Å². The molecule has 0 saturated carbocycles. The number of carbonyl (C=O) groups is 1. The number of nitrogens with two attached hydrogens (primary N) is 1. The second-order valence-electron chi connectivity index (χ2n) is 5.80. The van der Waals surface area contributed by atoms with E-state index in [2.05, 4.69) is 18.7 Å². The lowest BCUT2D eigenvalue weighted by atomic mass is 9.93. The number of hydrogen-bond acceptors (Lipinski definition) is 5. The second kappa shape index (κ2) is 5.04. The largest absolute Gasteiger partial charge is 0.492 e. The zero-order chi connectivity index (χ0) is 14.2. The molecule has 2 rings (SSSR count). The number of anilines is 2. The summed E-state index contributed by atoms with van der Waals surface area (Å²) in [4.78, 5) is 14.8. The Hall–Kier alpha value is -1.23. The zero-order valence-electron chi connectivity index (χ0n) is 12.1. The van der Waals surface area contributed by atoms with Crippen molar-refractivity contribution in [1.29, 1.82) is 0 Å². The molecule has 1 saturated heterocycles. The van der Waals surface area contributed by atoms with E-state index in [1.54, 1.807) is 7.11 Å². The van der Waals surface area contributed by atoms with Gasteiger partial charge in [-0.25, -0.2) is 0 Å². The maximum absolute atomic E-state index is 11.9. The number of ketones is 1. The summed E-state index contributed by atoms with van der Waals surface area (Å²) in [5.74, 6) is 0.755. The fourth-order valence-corrected chi connectivity index (χ4v) is 3.70. The number of Topliss-reactive ketones (excluding diaryl/α,β-unsaturated/α-hetero) is 1. The van der Waals surface area contributed by atoms with Gasteiger partial charge in [-0.05, 0) is 11.8 Å². The van der Waals surface area contributed by atoms with Crippen LogP contribution in [0.5, 0.6) is 5.75 Å². The minimum atomic E-state index is 0.0884. The fraction of sp³-hybridized carbons (Fsp3) is 0.643. The molecule has 0 amide bonds. The molecule has 0 unspecified atom stereocenters. The predicted octanol–water partition coefficient (Wildman–Crippen LogP) is 3.17. The number of rotatable bonds is 4. The van der Waals surface area contributed by atoms with Crippen molar-refractivity contribution in [2.75, 3.05) is 30.8 Å². The van der Waals surface area contributed by atoms with Crippen molar-refractivity contribution in [3.63, 3.8) is 0 Å². The maximum atomic E-state index is 11.9. The molecule has 0 aliphatic carbocycles. The molecule has 0 atom stereocenters. The highest BCUT2D eigenvalue weighted by molar-refractivity contribution is 7.19. The first-order valence-corrected chi connectivity index (χ1v) is 7.45. The molecule has 2 N–H and O–H groups in total. The van der Waals surface area contributed by atoms with Crippen LogP contribution in [0.4, 0.5) is 10.7 Å². The lowest BCUT2D eigenvalue weighted by Gasteiger charge is -2.20. The summed E-state index contributed by atoms with van der Waals surface area (Å²) in [6.45, 7) is 8.34. The van der Waals surface area contributed by atoms with E-state index in [0.29, 0.717) is 28.1 Å². The van der Waals surface area contributed by atoms with Gasteiger partial charge in [0, 0.05) is 19.5 Å². The summed E-state index contributed by atoms with van der Waals surface area (Å²) in [5.41, 5.74) is 6.87. The summed E-state index contributed by atoms with van der Waals surface area (Å²) >= 11 is 1.47. The number of ether oxygens (including phenoxy) is 1. The van der Waals surface area contributed by atoms with Crippen LogP contribution in [0.15, 0.2) is 0 Å². The lowest BCUT2D eigenvalue weighted by molar-refractivity contribution is 0.0992. The Morgan fingerprint density at radius 2 is 2.21 bits per heavy atom. The highest BCUT2D eigenvalue weighted by Crippen LogP contribution is 2.47. The van der Waals surface area contributed by atoms with Gasteiger partial charge in [0.15, 0.2) is 11.5 Å². The number of hydrogen-bond donors (Lipinski definition) is 1. The van der Waals surface area contributed by atoms with Crippen LogP contribution in [0.25, 0.3) is 0 Å². The molecule has 5 heteroatoms. The van der Waals surface area contributed by atoms with E-state index < -0.39 is 0 Å². The summed E-state index contributed by atoms with van der Waals surface area (Å²) in [5, 5.41) is 1.00. The molecule has 0 spiro atoms. The quantitative estimate of drug-likeness (QED) is 0.862. The zero-order valence-corrected chi connectivity index (χ0v) is 12.9. The molecule has 4 nitrogen and oxygen atoms in total. The molecule has 1 aromatic heterocycles. The van der Waals surface area contributed by atoms with Gasteiger partial charge in [0.05, 0.1) is 17.7 Å². The lowest BCUT2D eigenvalue weighted by Crippen LogP contribution is -2.22. The van der Waals surface area contributed by atoms with Crippen LogP contribution in [0.1, 0.15) is 43.3 Å². The molecule has 19 heavy (non-hydrogen) atoms. The van der Waals surface area contributed by atoms with Gasteiger partial charge in [-0.1, -0.05) is 20.8 Å². The first kappa shape index (κ1) is 14.2. The number of nitrogens with zero attached hydrogens (tertiary/aromatic N) is 1. The average Bonchev–Trinajstić information content (AvgIpc) is 2.88. The van der Waals surface area contributed by atoms with Crippen LogP contribution in [-0.4, -0.2) is 26.0 Å². The van der Waals surface area contributed by atoms with Crippen LogP contribution >= 0.6 is 11.3 Å². The van der Waals surface area contributed by atoms with Gasteiger partial charge in [0.2, 0.25) is 0 Å². The third kappa shape index (κ3) is 2.56. The normalized spacial score (nSPS) is 17.8. The van der Waals surface area contributed by atoms with Crippen molar-refractivity contribution in [2.45, 2.75) is 33.6 Å². The highest BCUT2D eigenvalue weighted by Gasteiger charge is 2.33. The van der Waals surface area contributed by atoms with Gasteiger partial charge in [0.1, 0.15) is 5.00 Å². The third-order valence-corrected chi connectivity index (χ3v) is 4.91. The first-order valence-electron chi connectivity index (χ1n) is 6.64. The Morgan fingerprint density at radius 1 is 1.53 bits per heavy atom. The Labute approximate surface area is 118 Å². The molecule has 1 aliphatic rings. The van der Waals surface area contributed by atoms with E-state index in [4.69, 9.17) is 10.5 Å². The summed E-state index contributed by atoms with van der Waals surface area (Å²) in [6, 6.07) is 0. The molecule has 1 fully saturated rings. The molecule has 0 bridgehead atoms. The summed E-state index contributed by atoms with van der Waals surface area (Å²) in [7, 11) is 1.61. The van der Waals surface area contributed by atoms with Crippen molar-refractivity contribution >= 4 is 27.8 Å². The SMILES string of the molecule is CCC(=O)c1sc(N2CCC(C)(C)C2)c(OC)c1N. The van der Waals surface area contributed by atoms with Crippen molar-refractivity contribution in [3.05, 3.63) is 4.88 Å². The second-order valence-corrected chi connectivity index (χ2v) is 6.79. The van der Waals surface area contributed by atoms with Crippen LogP contribution in [-0.2, 0) is 0 Å². The number of methoxy groups -OCH3 is 1. The maximum Gasteiger partial charge on any atom is 0.177 e. The van der Waals surface area contributed by atoms with E-state index in [9.17, 15) is 4.79 Å². The average molecular weight is 282 g/mol. The third-order valence-electron chi connectivity index (χ3n) is 3.63.